The number of anilines is 1. The van der Waals surface area contributed by atoms with E-state index in [-0.39, 0.29) is 11.7 Å². The average Bonchev–Trinajstić information content (AvgIpc) is 3.14. The van der Waals surface area contributed by atoms with Crippen molar-refractivity contribution in [1.29, 1.82) is 0 Å². The predicted octanol–water partition coefficient (Wildman–Crippen LogP) is 4.45. The van der Waals surface area contributed by atoms with Gasteiger partial charge >= 0.3 is 0 Å². The van der Waals surface area contributed by atoms with Crippen LogP contribution in [-0.2, 0) is 6.54 Å². The Bertz CT molecular complexity index is 879. The topological polar surface area (TPSA) is 47.2 Å². The summed E-state index contributed by atoms with van der Waals surface area (Å²) in [5.74, 6) is 0.309. The van der Waals surface area contributed by atoms with Crippen molar-refractivity contribution in [3.63, 3.8) is 0 Å². The van der Waals surface area contributed by atoms with E-state index in [1.807, 2.05) is 36.6 Å². The molecule has 2 heterocycles. The number of carbonyl (C=O) groups excluding carboxylic acids is 1. The lowest BCUT2D eigenvalue weighted by Crippen LogP contribution is -2.14. The van der Waals surface area contributed by atoms with Crippen LogP contribution >= 0.6 is 0 Å². The minimum absolute atomic E-state index is 0.205. The van der Waals surface area contributed by atoms with Crippen LogP contribution in [0.2, 0.25) is 0 Å². The fourth-order valence-electron chi connectivity index (χ4n) is 2.79. The molecule has 4 nitrogen and oxygen atoms in total. The van der Waals surface area contributed by atoms with Crippen molar-refractivity contribution in [1.82, 2.24) is 4.57 Å². The standard InChI is InChI=1S/C19H19FN2O2/c1-12-9-15(20)6-7-18(12)21-19(23)17-10-13(2)22(14(17)3)11-16-5-4-8-24-16/h4-10H,11H2,1-3H3,(H,21,23). The van der Waals surface area contributed by atoms with E-state index in [1.165, 1.54) is 12.1 Å². The molecule has 1 N–H and O–H groups in total. The summed E-state index contributed by atoms with van der Waals surface area (Å²) in [7, 11) is 0. The van der Waals surface area contributed by atoms with Crippen LogP contribution < -0.4 is 5.32 Å². The normalized spacial score (nSPS) is 10.8. The van der Waals surface area contributed by atoms with Crippen molar-refractivity contribution >= 4 is 11.6 Å². The van der Waals surface area contributed by atoms with Gasteiger partial charge in [0, 0.05) is 17.1 Å². The summed E-state index contributed by atoms with van der Waals surface area (Å²) in [6.07, 6.45) is 1.63. The molecule has 0 aliphatic rings. The second-order valence-electron chi connectivity index (χ2n) is 5.86. The van der Waals surface area contributed by atoms with Crippen LogP contribution in [0.25, 0.3) is 0 Å². The molecule has 124 valence electrons. The third-order valence-electron chi connectivity index (χ3n) is 4.15. The summed E-state index contributed by atoms with van der Waals surface area (Å²) in [6.45, 7) is 6.20. The van der Waals surface area contributed by atoms with Gasteiger partial charge in [0.25, 0.3) is 5.91 Å². The minimum Gasteiger partial charge on any atom is -0.467 e. The van der Waals surface area contributed by atoms with Gasteiger partial charge in [-0.15, -0.1) is 0 Å². The first-order chi connectivity index (χ1) is 11.5. The lowest BCUT2D eigenvalue weighted by Gasteiger charge is -2.10. The molecule has 0 aliphatic carbocycles. The maximum Gasteiger partial charge on any atom is 0.257 e. The molecule has 0 saturated heterocycles. The van der Waals surface area contributed by atoms with Crippen LogP contribution in [0, 0.1) is 26.6 Å². The summed E-state index contributed by atoms with van der Waals surface area (Å²) < 4.78 is 20.6. The number of benzene rings is 1. The number of furan rings is 1. The molecule has 0 fully saturated rings. The zero-order valence-electron chi connectivity index (χ0n) is 13.9. The number of amides is 1. The van der Waals surface area contributed by atoms with Crippen molar-refractivity contribution in [2.45, 2.75) is 27.3 Å². The number of hydrogen-bond donors (Lipinski definition) is 1. The van der Waals surface area contributed by atoms with Gasteiger partial charge in [0.2, 0.25) is 0 Å². The van der Waals surface area contributed by atoms with Gasteiger partial charge in [0.05, 0.1) is 18.4 Å². The van der Waals surface area contributed by atoms with Gasteiger partial charge < -0.3 is 14.3 Å². The molecule has 3 rings (SSSR count). The quantitative estimate of drug-likeness (QED) is 0.770. The Morgan fingerprint density at radius 1 is 1.21 bits per heavy atom. The summed E-state index contributed by atoms with van der Waals surface area (Å²) in [6, 6.07) is 9.91. The first-order valence-corrected chi connectivity index (χ1v) is 7.72. The SMILES string of the molecule is Cc1cc(F)ccc1NC(=O)c1cc(C)n(Cc2ccco2)c1C. The highest BCUT2D eigenvalue weighted by molar-refractivity contribution is 6.05. The van der Waals surface area contributed by atoms with Crippen LogP contribution in [0.1, 0.15) is 33.1 Å². The fourth-order valence-corrected chi connectivity index (χ4v) is 2.79. The predicted molar refractivity (Wildman–Crippen MR) is 90.8 cm³/mol. The lowest BCUT2D eigenvalue weighted by atomic mass is 10.1. The Hall–Kier alpha value is -2.82. The van der Waals surface area contributed by atoms with E-state index < -0.39 is 0 Å². The van der Waals surface area contributed by atoms with Crippen molar-refractivity contribution in [3.8, 4) is 0 Å². The van der Waals surface area contributed by atoms with E-state index in [0.717, 1.165) is 17.1 Å². The van der Waals surface area contributed by atoms with Crippen LogP contribution in [-0.4, -0.2) is 10.5 Å². The Morgan fingerprint density at radius 3 is 2.67 bits per heavy atom. The molecule has 0 radical (unpaired) electrons. The summed E-state index contributed by atoms with van der Waals surface area (Å²) in [5, 5.41) is 2.85. The zero-order chi connectivity index (χ0) is 17.3. The van der Waals surface area contributed by atoms with E-state index >= 15 is 0 Å². The first-order valence-electron chi connectivity index (χ1n) is 7.72. The largest absolute Gasteiger partial charge is 0.467 e. The summed E-state index contributed by atoms with van der Waals surface area (Å²) in [5.41, 5.74) is 3.74. The monoisotopic (exact) mass is 326 g/mol. The minimum atomic E-state index is -0.317. The van der Waals surface area contributed by atoms with E-state index in [4.69, 9.17) is 4.42 Å². The number of hydrogen-bond acceptors (Lipinski definition) is 2. The molecule has 0 spiro atoms. The molecule has 1 aromatic carbocycles. The number of carbonyl (C=O) groups is 1. The number of halogens is 1. The van der Waals surface area contributed by atoms with Gasteiger partial charge in [-0.05, 0) is 62.7 Å². The van der Waals surface area contributed by atoms with Gasteiger partial charge in [-0.1, -0.05) is 0 Å². The summed E-state index contributed by atoms with van der Waals surface area (Å²) in [4.78, 5) is 12.6. The van der Waals surface area contributed by atoms with Gasteiger partial charge in [-0.3, -0.25) is 4.79 Å². The molecule has 3 aromatic rings. The van der Waals surface area contributed by atoms with Crippen molar-refractivity contribution < 1.29 is 13.6 Å². The third kappa shape index (κ3) is 3.11. The first kappa shape index (κ1) is 16.1. The molecular formula is C19H19FN2O2. The average molecular weight is 326 g/mol. The molecule has 1 amide bonds. The molecule has 2 aromatic heterocycles. The molecule has 5 heteroatoms. The van der Waals surface area contributed by atoms with Gasteiger partial charge in [0.1, 0.15) is 11.6 Å². The van der Waals surface area contributed by atoms with E-state index in [1.54, 1.807) is 19.3 Å². The van der Waals surface area contributed by atoms with Crippen LogP contribution in [0.3, 0.4) is 0 Å². The molecule has 0 bridgehead atoms. The fraction of sp³-hybridized carbons (Fsp3) is 0.211. The van der Waals surface area contributed by atoms with E-state index in [9.17, 15) is 9.18 Å². The van der Waals surface area contributed by atoms with Crippen LogP contribution in [0.5, 0.6) is 0 Å². The number of rotatable bonds is 4. The van der Waals surface area contributed by atoms with Gasteiger partial charge in [-0.25, -0.2) is 4.39 Å². The maximum absolute atomic E-state index is 13.2. The van der Waals surface area contributed by atoms with Crippen LogP contribution in [0.15, 0.2) is 47.1 Å². The molecule has 24 heavy (non-hydrogen) atoms. The second kappa shape index (κ2) is 6.35. The van der Waals surface area contributed by atoms with Gasteiger partial charge in [0.15, 0.2) is 0 Å². The highest BCUT2D eigenvalue weighted by atomic mass is 19.1. The van der Waals surface area contributed by atoms with E-state index in [0.29, 0.717) is 23.4 Å². The van der Waals surface area contributed by atoms with Gasteiger partial charge in [-0.2, -0.15) is 0 Å². The smallest absolute Gasteiger partial charge is 0.257 e. The highest BCUT2D eigenvalue weighted by Crippen LogP contribution is 2.21. The Balaban J connectivity index is 1.85. The van der Waals surface area contributed by atoms with Crippen LogP contribution in [0.4, 0.5) is 10.1 Å². The maximum atomic E-state index is 13.2. The number of aryl methyl sites for hydroxylation is 2. The highest BCUT2D eigenvalue weighted by Gasteiger charge is 2.17. The van der Waals surface area contributed by atoms with E-state index in [2.05, 4.69) is 5.32 Å². The van der Waals surface area contributed by atoms with Crippen molar-refractivity contribution in [2.24, 2.45) is 0 Å². The molecular weight excluding hydrogens is 307 g/mol. The molecule has 0 atom stereocenters. The molecule has 0 saturated carbocycles. The van der Waals surface area contributed by atoms with Crippen molar-refractivity contribution in [2.75, 3.05) is 5.32 Å². The molecule has 0 aliphatic heterocycles. The third-order valence-corrected chi connectivity index (χ3v) is 4.15. The summed E-state index contributed by atoms with van der Waals surface area (Å²) >= 11 is 0. The zero-order valence-corrected chi connectivity index (χ0v) is 13.9. The molecule has 0 unspecified atom stereocenters. The number of nitrogens with one attached hydrogen (secondary N) is 1. The Kier molecular flexibility index (Phi) is 4.25. The number of nitrogens with zero attached hydrogens (tertiary/aromatic N) is 1. The Morgan fingerprint density at radius 2 is 2.00 bits per heavy atom. The van der Waals surface area contributed by atoms with Crippen molar-refractivity contribution in [3.05, 3.63) is 76.8 Å². The lowest BCUT2D eigenvalue weighted by molar-refractivity contribution is 0.102. The number of aromatic nitrogens is 1. The Labute approximate surface area is 139 Å². The second-order valence-corrected chi connectivity index (χ2v) is 5.86.